The highest BCUT2D eigenvalue weighted by Crippen LogP contribution is 2.47. The first-order valence-electron chi connectivity index (χ1n) is 8.99. The van der Waals surface area contributed by atoms with E-state index in [4.69, 9.17) is 9.47 Å². The molecule has 4 nitrogen and oxygen atoms in total. The molecule has 0 N–H and O–H groups in total. The minimum absolute atomic E-state index is 0.258. The number of hydrogen-bond donors (Lipinski definition) is 0. The van der Waals surface area contributed by atoms with E-state index in [1.165, 1.54) is 5.56 Å². The number of allylic oxidation sites excluding steroid dienone is 3. The quantitative estimate of drug-likeness (QED) is 0.756. The van der Waals surface area contributed by atoms with Gasteiger partial charge in [-0.05, 0) is 28.3 Å². The summed E-state index contributed by atoms with van der Waals surface area (Å²) in [5, 5.41) is 2.17. The number of benzene rings is 2. The van der Waals surface area contributed by atoms with Crippen LogP contribution in [0.25, 0.3) is 16.3 Å². The van der Waals surface area contributed by atoms with Gasteiger partial charge in [0.25, 0.3) is 0 Å². The summed E-state index contributed by atoms with van der Waals surface area (Å²) < 4.78 is 11.4. The Balaban J connectivity index is 2.01. The van der Waals surface area contributed by atoms with Crippen LogP contribution in [0.1, 0.15) is 49.5 Å². The molecule has 0 spiro atoms. The number of carbonyl (C=O) groups is 2. The van der Waals surface area contributed by atoms with Crippen molar-refractivity contribution in [1.82, 2.24) is 0 Å². The Morgan fingerprint density at radius 2 is 1.88 bits per heavy atom. The minimum Gasteiger partial charge on any atom is -0.449 e. The van der Waals surface area contributed by atoms with Crippen LogP contribution >= 0.6 is 0 Å². The summed E-state index contributed by atoms with van der Waals surface area (Å²) in [6.07, 6.45) is 4.67. The van der Waals surface area contributed by atoms with E-state index in [0.29, 0.717) is 5.76 Å². The molecule has 2 aromatic carbocycles. The Hall–Kier alpha value is -2.88. The molecule has 0 aromatic heterocycles. The Kier molecular flexibility index (Phi) is 4.11. The fourth-order valence-electron chi connectivity index (χ4n) is 3.66. The van der Waals surface area contributed by atoms with Gasteiger partial charge in [-0.15, -0.1) is 0 Å². The highest BCUT2D eigenvalue weighted by atomic mass is 16.6. The molecule has 0 aliphatic heterocycles. The number of hydrogen-bond acceptors (Lipinski definition) is 4. The number of esters is 2. The van der Waals surface area contributed by atoms with Crippen LogP contribution in [-0.2, 0) is 25.5 Å². The van der Waals surface area contributed by atoms with Crippen molar-refractivity contribution in [1.29, 1.82) is 0 Å². The predicted molar refractivity (Wildman–Crippen MR) is 99.2 cm³/mol. The van der Waals surface area contributed by atoms with Crippen molar-refractivity contribution in [2.75, 3.05) is 0 Å². The normalized spacial score (nSPS) is 17.4. The summed E-state index contributed by atoms with van der Waals surface area (Å²) in [7, 11) is 0. The molecule has 26 heavy (non-hydrogen) atoms. The fraction of sp³-hybridized carbons (Fsp3) is 0.273. The Morgan fingerprint density at radius 1 is 1.08 bits per heavy atom. The summed E-state index contributed by atoms with van der Waals surface area (Å²) in [6.45, 7) is 3.50. The molecule has 4 heteroatoms. The van der Waals surface area contributed by atoms with Gasteiger partial charge in [-0.3, -0.25) is 9.59 Å². The highest BCUT2D eigenvalue weighted by Gasteiger charge is 2.35. The van der Waals surface area contributed by atoms with E-state index in [2.05, 4.69) is 24.3 Å². The third-order valence-corrected chi connectivity index (χ3v) is 4.89. The summed E-state index contributed by atoms with van der Waals surface area (Å²) in [5.41, 5.74) is 3.99. The van der Waals surface area contributed by atoms with Crippen molar-refractivity contribution in [2.45, 2.75) is 39.2 Å². The largest absolute Gasteiger partial charge is 0.449 e. The van der Waals surface area contributed by atoms with Crippen molar-refractivity contribution in [3.8, 4) is 0 Å². The van der Waals surface area contributed by atoms with Gasteiger partial charge in [-0.1, -0.05) is 56.3 Å². The third kappa shape index (κ3) is 2.53. The van der Waals surface area contributed by atoms with E-state index in [1.54, 1.807) is 13.8 Å². The first-order valence-corrected chi connectivity index (χ1v) is 8.99. The molecule has 0 amide bonds. The lowest BCUT2D eigenvalue weighted by Crippen LogP contribution is -2.22. The molecular formula is C22H20O4. The molecule has 132 valence electrons. The average Bonchev–Trinajstić information content (AvgIpc) is 2.68. The van der Waals surface area contributed by atoms with Crippen LogP contribution in [-0.4, -0.2) is 11.9 Å². The number of carbonyl (C=O) groups excluding carboxylic acids is 2. The molecule has 2 aliphatic rings. The van der Waals surface area contributed by atoms with E-state index in [0.717, 1.165) is 33.9 Å². The second kappa shape index (κ2) is 6.45. The predicted octanol–water partition coefficient (Wildman–Crippen LogP) is 4.62. The van der Waals surface area contributed by atoms with Gasteiger partial charge in [0, 0.05) is 24.0 Å². The maximum atomic E-state index is 12.1. The van der Waals surface area contributed by atoms with Crippen LogP contribution in [0.3, 0.4) is 0 Å². The van der Waals surface area contributed by atoms with Gasteiger partial charge >= 0.3 is 11.9 Å². The van der Waals surface area contributed by atoms with Crippen molar-refractivity contribution >= 4 is 28.3 Å². The Bertz CT molecular complexity index is 981. The first-order chi connectivity index (χ1) is 12.6. The van der Waals surface area contributed by atoms with E-state index >= 15 is 0 Å². The summed E-state index contributed by atoms with van der Waals surface area (Å²) >= 11 is 0. The maximum Gasteiger partial charge on any atom is 0.310 e. The Labute approximate surface area is 152 Å². The second-order valence-corrected chi connectivity index (χ2v) is 6.48. The van der Waals surface area contributed by atoms with Gasteiger partial charge in [0.05, 0.1) is 0 Å². The first kappa shape index (κ1) is 16.6. The lowest BCUT2D eigenvalue weighted by atomic mass is 9.80. The number of rotatable bonds is 4. The molecule has 1 unspecified atom stereocenters. The average molecular weight is 348 g/mol. The van der Waals surface area contributed by atoms with Gasteiger partial charge < -0.3 is 9.47 Å². The summed E-state index contributed by atoms with van der Waals surface area (Å²) in [5.74, 6) is -0.240. The van der Waals surface area contributed by atoms with Crippen LogP contribution < -0.4 is 0 Å². The van der Waals surface area contributed by atoms with Crippen LogP contribution in [0.15, 0.2) is 48.2 Å². The molecule has 0 saturated heterocycles. The van der Waals surface area contributed by atoms with Crippen LogP contribution in [0, 0.1) is 0 Å². The zero-order valence-electron chi connectivity index (χ0n) is 14.9. The van der Waals surface area contributed by atoms with Crippen LogP contribution in [0.2, 0.25) is 0 Å². The smallest absolute Gasteiger partial charge is 0.310 e. The van der Waals surface area contributed by atoms with Gasteiger partial charge in [0.2, 0.25) is 0 Å². The van der Waals surface area contributed by atoms with Gasteiger partial charge in [0.15, 0.2) is 11.9 Å². The standard InChI is InChI=1S/C22H20O4/c1-3-17(23)25-21-15-9-5-7-13-11-12-14-8-6-10-16(20(14)19(13)15)22(21)26-18(24)4-2/h5-7,9-12,21H,3-4,8H2,1-2H3. The maximum absolute atomic E-state index is 12.1. The molecule has 2 aliphatic carbocycles. The van der Waals surface area contributed by atoms with E-state index in [9.17, 15) is 9.59 Å². The van der Waals surface area contributed by atoms with Gasteiger partial charge in [-0.25, -0.2) is 0 Å². The lowest BCUT2D eigenvalue weighted by Gasteiger charge is -2.31. The minimum atomic E-state index is -0.706. The summed E-state index contributed by atoms with van der Waals surface area (Å²) in [4.78, 5) is 24.2. The molecule has 0 fully saturated rings. The molecule has 0 heterocycles. The van der Waals surface area contributed by atoms with Gasteiger partial charge in [0.1, 0.15) is 0 Å². The molecule has 0 bridgehead atoms. The van der Waals surface area contributed by atoms with Crippen LogP contribution in [0.4, 0.5) is 0 Å². The molecule has 2 aromatic rings. The second-order valence-electron chi connectivity index (χ2n) is 6.48. The number of ether oxygens (including phenoxy) is 2. The van der Waals surface area contributed by atoms with Crippen molar-refractivity contribution in [2.24, 2.45) is 0 Å². The molecule has 1 atom stereocenters. The van der Waals surface area contributed by atoms with Crippen molar-refractivity contribution in [3.63, 3.8) is 0 Å². The molecule has 0 radical (unpaired) electrons. The molecule has 4 rings (SSSR count). The SMILES string of the molecule is CCC(=O)OC1=C2C=CCc3ccc4cccc(c4c32)C1OC(=O)CC. The zero-order chi connectivity index (χ0) is 18.3. The highest BCUT2D eigenvalue weighted by molar-refractivity contribution is 6.03. The fourth-order valence-corrected chi connectivity index (χ4v) is 3.66. The van der Waals surface area contributed by atoms with Crippen LogP contribution in [0.5, 0.6) is 0 Å². The van der Waals surface area contributed by atoms with Gasteiger partial charge in [-0.2, -0.15) is 0 Å². The topological polar surface area (TPSA) is 52.6 Å². The third-order valence-electron chi connectivity index (χ3n) is 4.89. The van der Waals surface area contributed by atoms with E-state index < -0.39 is 6.10 Å². The lowest BCUT2D eigenvalue weighted by molar-refractivity contribution is -0.153. The Morgan fingerprint density at radius 3 is 2.65 bits per heavy atom. The molecular weight excluding hydrogens is 328 g/mol. The molecule has 0 saturated carbocycles. The van der Waals surface area contributed by atoms with Crippen molar-refractivity contribution < 1.29 is 19.1 Å². The van der Waals surface area contributed by atoms with E-state index in [-0.39, 0.29) is 24.8 Å². The monoisotopic (exact) mass is 348 g/mol. The van der Waals surface area contributed by atoms with Crippen molar-refractivity contribution in [3.05, 3.63) is 64.9 Å². The summed E-state index contributed by atoms with van der Waals surface area (Å²) in [6, 6.07) is 10.2. The zero-order valence-corrected chi connectivity index (χ0v) is 14.9. The van der Waals surface area contributed by atoms with E-state index in [1.807, 2.05) is 18.2 Å².